The molecule has 0 spiro atoms. The van der Waals surface area contributed by atoms with Crippen LogP contribution in [0.2, 0.25) is 0 Å². The van der Waals surface area contributed by atoms with E-state index >= 15 is 0 Å². The van der Waals surface area contributed by atoms with E-state index in [0.717, 1.165) is 38.1 Å². The average Bonchev–Trinajstić information content (AvgIpc) is 2.29. The summed E-state index contributed by atoms with van der Waals surface area (Å²) < 4.78 is 5.33. The van der Waals surface area contributed by atoms with E-state index < -0.39 is 0 Å². The fourth-order valence-electron chi connectivity index (χ4n) is 1.40. The Bertz CT molecular complexity index is 172. The molecule has 1 fully saturated rings. The number of ether oxygens (including phenoxy) is 1. The molecule has 1 rings (SSSR count). The van der Waals surface area contributed by atoms with E-state index in [-0.39, 0.29) is 0 Å². The van der Waals surface area contributed by atoms with Gasteiger partial charge in [-0.25, -0.2) is 0 Å². The number of hydrogen-bond donors (Lipinski definition) is 0. The Labute approximate surface area is 108 Å². The molecule has 0 N–H and O–H groups in total. The molecule has 1 atom stereocenters. The van der Waals surface area contributed by atoms with Gasteiger partial charge in [-0.2, -0.15) is 0 Å². The van der Waals surface area contributed by atoms with Gasteiger partial charge in [0.25, 0.3) is 0 Å². The third-order valence-corrected chi connectivity index (χ3v) is 5.73. The predicted octanol–water partition coefficient (Wildman–Crippen LogP) is 2.99. The second kappa shape index (κ2) is 8.67. The monoisotopic (exact) mass is 263 g/mol. The molecule has 96 valence electrons. The van der Waals surface area contributed by atoms with Crippen LogP contribution in [-0.2, 0) is 4.74 Å². The van der Waals surface area contributed by atoms with Crippen molar-refractivity contribution in [3.63, 3.8) is 0 Å². The Balaban J connectivity index is 1.91. The van der Waals surface area contributed by atoms with Crippen molar-refractivity contribution in [1.29, 1.82) is 0 Å². The normalized spacial score (nSPS) is 20.2. The summed E-state index contributed by atoms with van der Waals surface area (Å²) in [6, 6.07) is 0. The van der Waals surface area contributed by atoms with E-state index in [1.807, 2.05) is 21.6 Å². The van der Waals surface area contributed by atoms with Crippen molar-refractivity contribution in [2.75, 3.05) is 44.4 Å². The van der Waals surface area contributed by atoms with Crippen molar-refractivity contribution < 1.29 is 4.74 Å². The zero-order chi connectivity index (χ0) is 11.8. The van der Waals surface area contributed by atoms with Crippen LogP contribution in [-0.4, -0.2) is 49.3 Å². The molecule has 0 bridgehead atoms. The summed E-state index contributed by atoms with van der Waals surface area (Å²) in [5, 5.41) is 0. The van der Waals surface area contributed by atoms with Gasteiger partial charge in [-0.3, -0.25) is 4.90 Å². The summed E-state index contributed by atoms with van der Waals surface area (Å²) in [5.74, 6) is 4.18. The molecular weight excluding hydrogens is 238 g/mol. The zero-order valence-corrected chi connectivity index (χ0v) is 12.4. The van der Waals surface area contributed by atoms with Gasteiger partial charge in [0, 0.05) is 31.1 Å². The van der Waals surface area contributed by atoms with Crippen LogP contribution in [0.3, 0.4) is 0 Å². The average molecular weight is 263 g/mol. The number of morpholine rings is 1. The van der Waals surface area contributed by atoms with Gasteiger partial charge < -0.3 is 4.74 Å². The largest absolute Gasteiger partial charge is 0.379 e. The second-order valence-corrected chi connectivity index (χ2v) is 7.41. The van der Waals surface area contributed by atoms with Crippen LogP contribution in [0, 0.1) is 11.8 Å². The smallest absolute Gasteiger partial charge is 0.0594 e. The summed E-state index contributed by atoms with van der Waals surface area (Å²) >= 11 is 0. The summed E-state index contributed by atoms with van der Waals surface area (Å²) in [6.45, 7) is 12.3. The standard InChI is InChI=1S/C12H25NOS2/c1-11(2)12(3)10-16-15-9-6-13-4-7-14-8-5-13/h11-12H,4-10H2,1-3H3. The minimum absolute atomic E-state index is 0.812. The first-order valence-corrected chi connectivity index (χ1v) is 8.73. The fraction of sp³-hybridized carbons (Fsp3) is 1.00. The molecule has 1 unspecified atom stereocenters. The highest BCUT2D eigenvalue weighted by molar-refractivity contribution is 8.76. The maximum absolute atomic E-state index is 5.33. The van der Waals surface area contributed by atoms with Crippen molar-refractivity contribution in [3.05, 3.63) is 0 Å². The van der Waals surface area contributed by atoms with Crippen LogP contribution in [0.5, 0.6) is 0 Å². The van der Waals surface area contributed by atoms with Gasteiger partial charge in [0.15, 0.2) is 0 Å². The Kier molecular flexibility index (Phi) is 7.96. The molecule has 0 aromatic rings. The van der Waals surface area contributed by atoms with Crippen molar-refractivity contribution in [1.82, 2.24) is 4.90 Å². The molecule has 4 heteroatoms. The van der Waals surface area contributed by atoms with Gasteiger partial charge in [-0.15, -0.1) is 0 Å². The van der Waals surface area contributed by atoms with Gasteiger partial charge in [-0.05, 0) is 11.8 Å². The van der Waals surface area contributed by atoms with E-state index in [4.69, 9.17) is 4.74 Å². The summed E-state index contributed by atoms with van der Waals surface area (Å²) in [7, 11) is 4.06. The maximum atomic E-state index is 5.33. The lowest BCUT2D eigenvalue weighted by Gasteiger charge is -2.26. The van der Waals surface area contributed by atoms with E-state index in [1.165, 1.54) is 18.1 Å². The highest BCUT2D eigenvalue weighted by Gasteiger charge is 2.10. The molecule has 0 aliphatic carbocycles. The first-order valence-electron chi connectivity index (χ1n) is 6.24. The first kappa shape index (κ1) is 14.7. The van der Waals surface area contributed by atoms with E-state index in [1.54, 1.807) is 0 Å². The Morgan fingerprint density at radius 2 is 1.81 bits per heavy atom. The molecule has 0 aromatic heterocycles. The fourth-order valence-corrected chi connectivity index (χ4v) is 4.05. The molecule has 2 nitrogen and oxygen atoms in total. The third-order valence-electron chi connectivity index (χ3n) is 3.15. The predicted molar refractivity (Wildman–Crippen MR) is 76.2 cm³/mol. The quantitative estimate of drug-likeness (QED) is 0.517. The molecule has 1 aliphatic rings. The van der Waals surface area contributed by atoms with Gasteiger partial charge >= 0.3 is 0 Å². The van der Waals surface area contributed by atoms with E-state index in [0.29, 0.717) is 0 Å². The van der Waals surface area contributed by atoms with Crippen molar-refractivity contribution in [3.8, 4) is 0 Å². The van der Waals surface area contributed by atoms with Gasteiger partial charge in [0.2, 0.25) is 0 Å². The molecule has 0 radical (unpaired) electrons. The van der Waals surface area contributed by atoms with Crippen molar-refractivity contribution in [2.45, 2.75) is 20.8 Å². The number of nitrogens with zero attached hydrogens (tertiary/aromatic N) is 1. The SMILES string of the molecule is CC(C)C(C)CSSCCN1CCOCC1. The van der Waals surface area contributed by atoms with E-state index in [2.05, 4.69) is 25.7 Å². The molecule has 1 aliphatic heterocycles. The number of hydrogen-bond acceptors (Lipinski definition) is 4. The van der Waals surface area contributed by atoms with Crippen LogP contribution in [0.1, 0.15) is 20.8 Å². The summed E-state index contributed by atoms with van der Waals surface area (Å²) in [5.41, 5.74) is 0. The Morgan fingerprint density at radius 3 is 2.44 bits per heavy atom. The highest BCUT2D eigenvalue weighted by atomic mass is 33.1. The van der Waals surface area contributed by atoms with Crippen molar-refractivity contribution in [2.24, 2.45) is 11.8 Å². The molecule has 16 heavy (non-hydrogen) atoms. The van der Waals surface area contributed by atoms with Crippen LogP contribution < -0.4 is 0 Å². The first-order chi connectivity index (χ1) is 7.70. The lowest BCUT2D eigenvalue weighted by molar-refractivity contribution is 0.0410. The van der Waals surface area contributed by atoms with Crippen LogP contribution in [0.25, 0.3) is 0 Å². The van der Waals surface area contributed by atoms with Crippen LogP contribution >= 0.6 is 21.6 Å². The van der Waals surface area contributed by atoms with Crippen LogP contribution in [0.15, 0.2) is 0 Å². The second-order valence-electron chi connectivity index (χ2n) is 4.78. The van der Waals surface area contributed by atoms with Crippen LogP contribution in [0.4, 0.5) is 0 Å². The molecule has 0 amide bonds. The lowest BCUT2D eigenvalue weighted by Crippen LogP contribution is -2.37. The Morgan fingerprint density at radius 1 is 1.12 bits per heavy atom. The van der Waals surface area contributed by atoms with Gasteiger partial charge in [0.05, 0.1) is 13.2 Å². The molecule has 1 heterocycles. The topological polar surface area (TPSA) is 12.5 Å². The molecule has 0 aromatic carbocycles. The third kappa shape index (κ3) is 6.38. The minimum Gasteiger partial charge on any atom is -0.379 e. The minimum atomic E-state index is 0.812. The molecule has 1 saturated heterocycles. The summed E-state index contributed by atoms with van der Waals surface area (Å²) in [4.78, 5) is 2.50. The van der Waals surface area contributed by atoms with Gasteiger partial charge in [-0.1, -0.05) is 42.4 Å². The lowest BCUT2D eigenvalue weighted by atomic mass is 10.0. The molecular formula is C12H25NOS2. The highest BCUT2D eigenvalue weighted by Crippen LogP contribution is 2.26. The number of rotatable bonds is 7. The van der Waals surface area contributed by atoms with Gasteiger partial charge in [0.1, 0.15) is 0 Å². The maximum Gasteiger partial charge on any atom is 0.0594 e. The van der Waals surface area contributed by atoms with Crippen molar-refractivity contribution >= 4 is 21.6 Å². The zero-order valence-electron chi connectivity index (χ0n) is 10.8. The summed E-state index contributed by atoms with van der Waals surface area (Å²) in [6.07, 6.45) is 0. The molecule has 0 saturated carbocycles. The Hall–Kier alpha value is 0.620. The van der Waals surface area contributed by atoms with E-state index in [9.17, 15) is 0 Å².